The molecule has 1 aliphatic heterocycles. The second-order valence-corrected chi connectivity index (χ2v) is 5.72. The van der Waals surface area contributed by atoms with Crippen molar-refractivity contribution >= 4 is 5.91 Å². The van der Waals surface area contributed by atoms with Crippen molar-refractivity contribution in [3.05, 3.63) is 29.8 Å². The lowest BCUT2D eigenvalue weighted by molar-refractivity contribution is -0.133. The van der Waals surface area contributed by atoms with Gasteiger partial charge >= 0.3 is 0 Å². The molecule has 0 spiro atoms. The van der Waals surface area contributed by atoms with Gasteiger partial charge in [0.15, 0.2) is 0 Å². The van der Waals surface area contributed by atoms with Crippen molar-refractivity contribution in [2.45, 2.75) is 12.5 Å². The molecule has 122 valence electrons. The molecule has 1 atom stereocenters. The molecule has 0 aromatic heterocycles. The standard InChI is InChI=1S/C16H24N2O4/c1-13-3-5-14(6-4-13)22-12-16(20)10-18(7-8-21-11-16)15(19)9-17-2/h3-6,17,20H,7-12H2,1-2H3/t16-/m1/s1. The van der Waals surface area contributed by atoms with E-state index in [0.717, 1.165) is 5.56 Å². The fraction of sp³-hybridized carbons (Fsp3) is 0.562. The number of β-amino-alcohol motifs (C(OH)–C–C–N with tert-alkyl or cyclic N) is 1. The molecule has 22 heavy (non-hydrogen) atoms. The summed E-state index contributed by atoms with van der Waals surface area (Å²) in [7, 11) is 1.72. The van der Waals surface area contributed by atoms with Crippen LogP contribution in [0.15, 0.2) is 24.3 Å². The summed E-state index contributed by atoms with van der Waals surface area (Å²) >= 11 is 0. The summed E-state index contributed by atoms with van der Waals surface area (Å²) < 4.78 is 11.1. The van der Waals surface area contributed by atoms with Crippen molar-refractivity contribution in [2.24, 2.45) is 0 Å². The highest BCUT2D eigenvalue weighted by molar-refractivity contribution is 5.78. The lowest BCUT2D eigenvalue weighted by Gasteiger charge is -2.30. The monoisotopic (exact) mass is 308 g/mol. The average Bonchev–Trinajstić information content (AvgIpc) is 2.70. The smallest absolute Gasteiger partial charge is 0.236 e. The molecule has 6 nitrogen and oxygen atoms in total. The number of benzene rings is 1. The molecule has 0 bridgehead atoms. The van der Waals surface area contributed by atoms with Crippen molar-refractivity contribution in [2.75, 3.05) is 46.5 Å². The Kier molecular flexibility index (Phi) is 5.76. The minimum Gasteiger partial charge on any atom is -0.490 e. The third-order valence-electron chi connectivity index (χ3n) is 3.57. The zero-order chi connectivity index (χ0) is 16.0. The molecule has 1 heterocycles. The van der Waals surface area contributed by atoms with Gasteiger partial charge in [0.1, 0.15) is 18.0 Å². The largest absolute Gasteiger partial charge is 0.490 e. The molecular weight excluding hydrogens is 284 g/mol. The molecule has 1 amide bonds. The summed E-state index contributed by atoms with van der Waals surface area (Å²) in [6, 6.07) is 7.62. The van der Waals surface area contributed by atoms with Crippen molar-refractivity contribution in [3.8, 4) is 5.75 Å². The first-order chi connectivity index (χ1) is 10.5. The Labute approximate surface area is 131 Å². The third-order valence-corrected chi connectivity index (χ3v) is 3.57. The van der Waals surface area contributed by atoms with Gasteiger partial charge in [-0.05, 0) is 26.1 Å². The van der Waals surface area contributed by atoms with E-state index >= 15 is 0 Å². The molecule has 2 N–H and O–H groups in total. The van der Waals surface area contributed by atoms with Crippen molar-refractivity contribution in [1.29, 1.82) is 0 Å². The van der Waals surface area contributed by atoms with Crippen LogP contribution in [-0.2, 0) is 9.53 Å². The van der Waals surface area contributed by atoms with Crippen LogP contribution in [0, 0.1) is 6.92 Å². The van der Waals surface area contributed by atoms with Gasteiger partial charge in [0.2, 0.25) is 5.91 Å². The summed E-state index contributed by atoms with van der Waals surface area (Å²) in [6.07, 6.45) is 0. The number of nitrogens with zero attached hydrogens (tertiary/aromatic N) is 1. The Hall–Kier alpha value is -1.63. The number of aliphatic hydroxyl groups is 1. The first kappa shape index (κ1) is 16.7. The SMILES string of the molecule is CNCC(=O)N1CCOC[C@@](O)(COc2ccc(C)cc2)C1. The second kappa shape index (κ2) is 7.58. The maximum absolute atomic E-state index is 12.0. The molecule has 1 aromatic rings. The van der Waals surface area contributed by atoms with Crippen LogP contribution < -0.4 is 10.1 Å². The van der Waals surface area contributed by atoms with Gasteiger partial charge in [-0.2, -0.15) is 0 Å². The molecule has 0 aliphatic carbocycles. The van der Waals surface area contributed by atoms with E-state index in [2.05, 4.69) is 5.32 Å². The summed E-state index contributed by atoms with van der Waals surface area (Å²) in [5.74, 6) is 0.637. The van der Waals surface area contributed by atoms with E-state index < -0.39 is 5.60 Å². The number of ether oxygens (including phenoxy) is 2. The zero-order valence-corrected chi connectivity index (χ0v) is 13.2. The molecule has 0 radical (unpaired) electrons. The van der Waals surface area contributed by atoms with E-state index in [9.17, 15) is 9.90 Å². The molecule has 0 saturated carbocycles. The van der Waals surface area contributed by atoms with Crippen molar-refractivity contribution in [3.63, 3.8) is 0 Å². The maximum atomic E-state index is 12.0. The number of carbonyl (C=O) groups excluding carboxylic acids is 1. The van der Waals surface area contributed by atoms with Crippen LogP contribution in [0.2, 0.25) is 0 Å². The zero-order valence-electron chi connectivity index (χ0n) is 13.2. The molecule has 0 unspecified atom stereocenters. The van der Waals surface area contributed by atoms with Crippen LogP contribution >= 0.6 is 0 Å². The molecule has 1 aliphatic rings. The van der Waals surface area contributed by atoms with E-state index in [1.807, 2.05) is 31.2 Å². The van der Waals surface area contributed by atoms with Gasteiger partial charge in [0.05, 0.1) is 26.3 Å². The van der Waals surface area contributed by atoms with Crippen molar-refractivity contribution < 1.29 is 19.4 Å². The molecule has 1 aromatic carbocycles. The summed E-state index contributed by atoms with van der Waals surface area (Å²) in [4.78, 5) is 13.6. The highest BCUT2D eigenvalue weighted by Crippen LogP contribution is 2.17. The maximum Gasteiger partial charge on any atom is 0.236 e. The minimum atomic E-state index is -1.20. The molecule has 2 rings (SSSR count). The second-order valence-electron chi connectivity index (χ2n) is 5.72. The summed E-state index contributed by atoms with van der Waals surface area (Å²) in [6.45, 7) is 3.59. The Morgan fingerprint density at radius 3 is 2.86 bits per heavy atom. The fourth-order valence-electron chi connectivity index (χ4n) is 2.33. The van der Waals surface area contributed by atoms with E-state index in [0.29, 0.717) is 18.9 Å². The van der Waals surface area contributed by atoms with Crippen LogP contribution in [0.3, 0.4) is 0 Å². The van der Waals surface area contributed by atoms with Gasteiger partial charge in [0, 0.05) is 6.54 Å². The average molecular weight is 308 g/mol. The Morgan fingerprint density at radius 1 is 1.45 bits per heavy atom. The van der Waals surface area contributed by atoms with E-state index in [-0.39, 0.29) is 32.2 Å². The van der Waals surface area contributed by atoms with Crippen LogP contribution in [0.4, 0.5) is 0 Å². The molecule has 1 fully saturated rings. The number of hydrogen-bond donors (Lipinski definition) is 2. The predicted molar refractivity (Wildman–Crippen MR) is 82.9 cm³/mol. The molecular formula is C16H24N2O4. The highest BCUT2D eigenvalue weighted by Gasteiger charge is 2.35. The van der Waals surface area contributed by atoms with E-state index in [1.165, 1.54) is 0 Å². The first-order valence-electron chi connectivity index (χ1n) is 7.44. The van der Waals surface area contributed by atoms with Crippen LogP contribution in [-0.4, -0.2) is 68.0 Å². The number of rotatable bonds is 5. The van der Waals surface area contributed by atoms with Gasteiger partial charge in [-0.3, -0.25) is 4.79 Å². The number of hydrogen-bond acceptors (Lipinski definition) is 5. The van der Waals surface area contributed by atoms with Gasteiger partial charge in [-0.15, -0.1) is 0 Å². The van der Waals surface area contributed by atoms with Crippen molar-refractivity contribution in [1.82, 2.24) is 10.2 Å². The third kappa shape index (κ3) is 4.69. The van der Waals surface area contributed by atoms with E-state index in [1.54, 1.807) is 11.9 Å². The summed E-state index contributed by atoms with van der Waals surface area (Å²) in [5, 5.41) is 13.5. The van der Waals surface area contributed by atoms with Crippen LogP contribution in [0.1, 0.15) is 5.56 Å². The van der Waals surface area contributed by atoms with E-state index in [4.69, 9.17) is 9.47 Å². The van der Waals surface area contributed by atoms with Gasteiger partial charge < -0.3 is 24.8 Å². The van der Waals surface area contributed by atoms with Crippen LogP contribution in [0.25, 0.3) is 0 Å². The Balaban J connectivity index is 1.97. The number of amides is 1. The number of nitrogens with one attached hydrogen (secondary N) is 1. The quantitative estimate of drug-likeness (QED) is 0.812. The lowest BCUT2D eigenvalue weighted by atomic mass is 10.1. The topological polar surface area (TPSA) is 71.0 Å². The predicted octanol–water partition coefficient (Wildman–Crippen LogP) is 0.183. The number of aryl methyl sites for hydroxylation is 1. The minimum absolute atomic E-state index is 0.0539. The first-order valence-corrected chi connectivity index (χ1v) is 7.44. The van der Waals surface area contributed by atoms with Gasteiger partial charge in [-0.25, -0.2) is 0 Å². The van der Waals surface area contributed by atoms with Gasteiger partial charge in [0.25, 0.3) is 0 Å². The number of likely N-dealkylation sites (N-methyl/N-ethyl adjacent to an activating group) is 1. The highest BCUT2D eigenvalue weighted by atomic mass is 16.5. The molecule has 1 saturated heterocycles. The fourth-order valence-corrected chi connectivity index (χ4v) is 2.33. The van der Waals surface area contributed by atoms with Gasteiger partial charge in [-0.1, -0.05) is 17.7 Å². The number of carbonyl (C=O) groups is 1. The Bertz CT molecular complexity index is 491. The normalized spacial score (nSPS) is 22.2. The molecule has 6 heteroatoms. The summed E-state index contributed by atoms with van der Waals surface area (Å²) in [5.41, 5.74) is -0.0576. The van der Waals surface area contributed by atoms with Crippen LogP contribution in [0.5, 0.6) is 5.75 Å². The Morgan fingerprint density at radius 2 is 2.18 bits per heavy atom. The lowest BCUT2D eigenvalue weighted by Crippen LogP contribution is -2.51.